The standard InChI is InChI=1S/C23H28S2/c1-23(2)21(17-11-5-3-6-12-17)25-20-16-10-9-15-19(20)22(23)24-18-13-7-4-8-14-18/h4,7-10,13-17,21-22H,3,5-6,11-12H2,1-2H3/t21-,22+/m1/s1. The van der Waals surface area contributed by atoms with Crippen LogP contribution < -0.4 is 0 Å². The lowest BCUT2D eigenvalue weighted by molar-refractivity contribution is 0.225. The summed E-state index contributed by atoms with van der Waals surface area (Å²) in [7, 11) is 0. The fourth-order valence-corrected chi connectivity index (χ4v) is 7.82. The number of hydrogen-bond donors (Lipinski definition) is 0. The minimum absolute atomic E-state index is 0.293. The van der Waals surface area contributed by atoms with E-state index in [9.17, 15) is 0 Å². The predicted molar refractivity (Wildman–Crippen MR) is 111 cm³/mol. The van der Waals surface area contributed by atoms with E-state index in [1.807, 2.05) is 0 Å². The minimum atomic E-state index is 0.293. The van der Waals surface area contributed by atoms with E-state index in [1.165, 1.54) is 41.9 Å². The molecule has 0 aromatic heterocycles. The summed E-state index contributed by atoms with van der Waals surface area (Å²) in [4.78, 5) is 2.91. The van der Waals surface area contributed by atoms with Gasteiger partial charge in [0.05, 0.1) is 0 Å². The Morgan fingerprint density at radius 1 is 0.880 bits per heavy atom. The van der Waals surface area contributed by atoms with E-state index in [0.717, 1.165) is 11.2 Å². The highest BCUT2D eigenvalue weighted by atomic mass is 32.2. The summed E-state index contributed by atoms with van der Waals surface area (Å²) in [6.45, 7) is 5.05. The van der Waals surface area contributed by atoms with Gasteiger partial charge in [0.25, 0.3) is 0 Å². The van der Waals surface area contributed by atoms with Crippen molar-refractivity contribution in [1.82, 2.24) is 0 Å². The summed E-state index contributed by atoms with van der Waals surface area (Å²) in [6.07, 6.45) is 7.14. The maximum Gasteiger partial charge on any atom is 0.0417 e. The van der Waals surface area contributed by atoms with Crippen LogP contribution in [0.3, 0.4) is 0 Å². The van der Waals surface area contributed by atoms with Gasteiger partial charge in [0.15, 0.2) is 0 Å². The summed E-state index contributed by atoms with van der Waals surface area (Å²) >= 11 is 4.24. The van der Waals surface area contributed by atoms with Gasteiger partial charge in [-0.2, -0.15) is 0 Å². The number of rotatable bonds is 3. The van der Waals surface area contributed by atoms with Crippen molar-refractivity contribution < 1.29 is 0 Å². The van der Waals surface area contributed by atoms with Crippen molar-refractivity contribution in [2.45, 2.75) is 66.2 Å². The molecule has 1 aliphatic heterocycles. The van der Waals surface area contributed by atoms with Crippen molar-refractivity contribution in [3.63, 3.8) is 0 Å². The molecule has 0 amide bonds. The Kier molecular flexibility index (Phi) is 5.20. The Bertz CT molecular complexity index is 701. The Morgan fingerprint density at radius 3 is 2.32 bits per heavy atom. The van der Waals surface area contributed by atoms with Gasteiger partial charge in [0, 0.05) is 20.3 Å². The molecule has 0 N–H and O–H groups in total. The largest absolute Gasteiger partial charge is 0.122 e. The molecular weight excluding hydrogens is 340 g/mol. The van der Waals surface area contributed by atoms with Crippen molar-refractivity contribution in [3.8, 4) is 0 Å². The summed E-state index contributed by atoms with van der Waals surface area (Å²) in [5, 5.41) is 1.25. The van der Waals surface area contributed by atoms with E-state index in [4.69, 9.17) is 0 Å². The molecular formula is C23H28S2. The van der Waals surface area contributed by atoms with Crippen LogP contribution in [0.15, 0.2) is 64.4 Å². The molecule has 0 nitrogen and oxygen atoms in total. The van der Waals surface area contributed by atoms with Crippen molar-refractivity contribution in [2.75, 3.05) is 0 Å². The number of thioether (sulfide) groups is 2. The van der Waals surface area contributed by atoms with Crippen LogP contribution in [0.5, 0.6) is 0 Å². The monoisotopic (exact) mass is 368 g/mol. The van der Waals surface area contributed by atoms with Gasteiger partial charge in [-0.05, 0) is 47.9 Å². The van der Waals surface area contributed by atoms with E-state index >= 15 is 0 Å². The molecule has 0 radical (unpaired) electrons. The van der Waals surface area contributed by atoms with Gasteiger partial charge in [-0.1, -0.05) is 69.5 Å². The molecule has 25 heavy (non-hydrogen) atoms. The summed E-state index contributed by atoms with van der Waals surface area (Å²) in [5.74, 6) is 0.876. The average Bonchev–Trinajstić information content (AvgIpc) is 2.65. The average molecular weight is 369 g/mol. The van der Waals surface area contributed by atoms with Crippen LogP contribution in [0.25, 0.3) is 0 Å². The molecule has 2 aliphatic rings. The van der Waals surface area contributed by atoms with Crippen LogP contribution >= 0.6 is 23.5 Å². The third-order valence-corrected chi connectivity index (χ3v) is 9.45. The molecule has 1 aliphatic carbocycles. The molecule has 132 valence electrons. The first kappa shape index (κ1) is 17.5. The van der Waals surface area contributed by atoms with Gasteiger partial charge < -0.3 is 0 Å². The highest BCUT2D eigenvalue weighted by Gasteiger charge is 2.47. The van der Waals surface area contributed by atoms with Crippen LogP contribution in [0.2, 0.25) is 0 Å². The smallest absolute Gasteiger partial charge is 0.0417 e. The quantitative estimate of drug-likeness (QED) is 0.547. The molecule has 2 atom stereocenters. The van der Waals surface area contributed by atoms with Crippen molar-refractivity contribution >= 4 is 23.5 Å². The second-order valence-corrected chi connectivity index (χ2v) is 10.5. The summed E-state index contributed by atoms with van der Waals surface area (Å²) < 4.78 is 0. The topological polar surface area (TPSA) is 0 Å². The lowest BCUT2D eigenvalue weighted by Crippen LogP contribution is -2.40. The molecule has 0 saturated heterocycles. The summed E-state index contributed by atoms with van der Waals surface area (Å²) in [6, 6.07) is 20.1. The van der Waals surface area contributed by atoms with E-state index in [2.05, 4.69) is 92.0 Å². The highest BCUT2D eigenvalue weighted by molar-refractivity contribution is 8.01. The van der Waals surface area contributed by atoms with Crippen molar-refractivity contribution in [1.29, 1.82) is 0 Å². The predicted octanol–water partition coefficient (Wildman–Crippen LogP) is 7.60. The lowest BCUT2D eigenvalue weighted by Gasteiger charge is -2.49. The van der Waals surface area contributed by atoms with Gasteiger partial charge in [0.1, 0.15) is 0 Å². The fourth-order valence-electron chi connectivity index (χ4n) is 4.63. The molecule has 1 fully saturated rings. The van der Waals surface area contributed by atoms with Crippen LogP contribution in [-0.4, -0.2) is 5.25 Å². The number of benzene rings is 2. The maximum absolute atomic E-state index is 2.52. The molecule has 1 saturated carbocycles. The highest BCUT2D eigenvalue weighted by Crippen LogP contribution is 2.61. The van der Waals surface area contributed by atoms with Crippen LogP contribution in [-0.2, 0) is 0 Å². The fraction of sp³-hybridized carbons (Fsp3) is 0.478. The Hall–Kier alpha value is -0.860. The van der Waals surface area contributed by atoms with Gasteiger partial charge >= 0.3 is 0 Å². The second-order valence-electron chi connectivity index (χ2n) is 8.11. The Labute approximate surface area is 161 Å². The zero-order valence-corrected chi connectivity index (χ0v) is 16.9. The Balaban J connectivity index is 1.71. The van der Waals surface area contributed by atoms with Crippen LogP contribution in [0.1, 0.15) is 56.8 Å². The van der Waals surface area contributed by atoms with Gasteiger partial charge in [-0.25, -0.2) is 0 Å². The van der Waals surface area contributed by atoms with Gasteiger partial charge in [-0.3, -0.25) is 0 Å². The zero-order chi connectivity index (χ0) is 17.3. The first-order valence-corrected chi connectivity index (χ1v) is 11.4. The second kappa shape index (κ2) is 7.40. The molecule has 2 aromatic rings. The van der Waals surface area contributed by atoms with Gasteiger partial charge in [0.2, 0.25) is 0 Å². The van der Waals surface area contributed by atoms with Crippen molar-refractivity contribution in [3.05, 3.63) is 60.2 Å². The Morgan fingerprint density at radius 2 is 1.56 bits per heavy atom. The van der Waals surface area contributed by atoms with Crippen LogP contribution in [0, 0.1) is 11.3 Å². The molecule has 4 rings (SSSR count). The SMILES string of the molecule is CC1(C)[C@@H](C2CCCCC2)Sc2ccccc2[C@@H]1Sc1ccccc1. The molecule has 2 aromatic carbocycles. The van der Waals surface area contributed by atoms with E-state index in [1.54, 1.807) is 5.56 Å². The van der Waals surface area contributed by atoms with E-state index in [0.29, 0.717) is 10.7 Å². The molecule has 0 bridgehead atoms. The molecule has 2 heteroatoms. The van der Waals surface area contributed by atoms with Crippen molar-refractivity contribution in [2.24, 2.45) is 11.3 Å². The molecule has 1 heterocycles. The normalized spacial score (nSPS) is 26.2. The first-order valence-electron chi connectivity index (χ1n) is 9.63. The maximum atomic E-state index is 2.52. The number of fused-ring (bicyclic) bond motifs is 1. The zero-order valence-electron chi connectivity index (χ0n) is 15.3. The lowest BCUT2D eigenvalue weighted by atomic mass is 9.72. The third-order valence-electron chi connectivity index (χ3n) is 5.94. The third kappa shape index (κ3) is 3.53. The van der Waals surface area contributed by atoms with Crippen LogP contribution in [0.4, 0.5) is 0 Å². The first-order chi connectivity index (χ1) is 12.2. The minimum Gasteiger partial charge on any atom is -0.122 e. The number of hydrogen-bond acceptors (Lipinski definition) is 2. The van der Waals surface area contributed by atoms with E-state index < -0.39 is 0 Å². The molecule has 0 unspecified atom stereocenters. The van der Waals surface area contributed by atoms with E-state index in [-0.39, 0.29) is 0 Å². The van der Waals surface area contributed by atoms with Gasteiger partial charge in [-0.15, -0.1) is 23.5 Å². The molecule has 0 spiro atoms. The summed E-state index contributed by atoms with van der Waals surface area (Å²) in [5.41, 5.74) is 1.83.